The molecule has 1 aliphatic carbocycles. The Morgan fingerprint density at radius 3 is 2.55 bits per heavy atom. The number of oxazole rings is 1. The Morgan fingerprint density at radius 1 is 1.18 bits per heavy atom. The third-order valence-corrected chi connectivity index (χ3v) is 3.85. The van der Waals surface area contributed by atoms with Gasteiger partial charge in [-0.2, -0.15) is 0 Å². The molecule has 1 aromatic heterocycles. The van der Waals surface area contributed by atoms with Crippen LogP contribution in [0.3, 0.4) is 0 Å². The molecule has 1 heterocycles. The zero-order chi connectivity index (χ0) is 15.4. The number of urea groups is 1. The van der Waals surface area contributed by atoms with Crippen LogP contribution in [-0.4, -0.2) is 28.3 Å². The number of anilines is 1. The number of aromatic nitrogens is 1. The zero-order valence-corrected chi connectivity index (χ0v) is 12.2. The second kappa shape index (κ2) is 6.62. The molecule has 1 fully saturated rings. The number of amides is 2. The van der Waals surface area contributed by atoms with Gasteiger partial charge >= 0.3 is 6.03 Å². The van der Waals surface area contributed by atoms with Gasteiger partial charge in [0.05, 0.1) is 12.3 Å². The van der Waals surface area contributed by atoms with E-state index in [0.29, 0.717) is 11.6 Å². The summed E-state index contributed by atoms with van der Waals surface area (Å²) in [5.41, 5.74) is 1.57. The van der Waals surface area contributed by atoms with Crippen molar-refractivity contribution >= 4 is 11.7 Å². The number of rotatable bonds is 3. The third kappa shape index (κ3) is 3.65. The summed E-state index contributed by atoms with van der Waals surface area (Å²) >= 11 is 0. The minimum atomic E-state index is -0.219. The van der Waals surface area contributed by atoms with Gasteiger partial charge in [-0.3, -0.25) is 0 Å². The average molecular weight is 301 g/mol. The fourth-order valence-electron chi connectivity index (χ4n) is 2.63. The van der Waals surface area contributed by atoms with Crippen molar-refractivity contribution in [2.75, 3.05) is 5.32 Å². The second-order valence-electron chi connectivity index (χ2n) is 5.52. The first-order chi connectivity index (χ1) is 10.7. The normalized spacial score (nSPS) is 21.3. The summed E-state index contributed by atoms with van der Waals surface area (Å²) in [4.78, 5) is 16.0. The fourth-order valence-corrected chi connectivity index (χ4v) is 2.63. The van der Waals surface area contributed by atoms with Crippen LogP contribution in [0.25, 0.3) is 11.5 Å². The van der Waals surface area contributed by atoms with Gasteiger partial charge in [0, 0.05) is 17.3 Å². The molecule has 0 atom stereocenters. The molecule has 0 radical (unpaired) electrons. The van der Waals surface area contributed by atoms with E-state index in [0.717, 1.165) is 31.2 Å². The molecule has 1 aromatic carbocycles. The molecule has 116 valence electrons. The highest BCUT2D eigenvalue weighted by molar-refractivity contribution is 5.89. The van der Waals surface area contributed by atoms with Crippen molar-refractivity contribution in [2.45, 2.75) is 37.8 Å². The lowest BCUT2D eigenvalue weighted by molar-refractivity contribution is 0.118. The Hall–Kier alpha value is -2.34. The monoisotopic (exact) mass is 301 g/mol. The number of carbonyl (C=O) groups excluding carboxylic acids is 1. The molecule has 0 saturated heterocycles. The Morgan fingerprint density at radius 2 is 1.91 bits per heavy atom. The summed E-state index contributed by atoms with van der Waals surface area (Å²) in [7, 11) is 0. The maximum absolute atomic E-state index is 12.0. The summed E-state index contributed by atoms with van der Waals surface area (Å²) in [6.07, 6.45) is 6.02. The van der Waals surface area contributed by atoms with Gasteiger partial charge < -0.3 is 20.2 Å². The molecule has 1 saturated carbocycles. The van der Waals surface area contributed by atoms with Crippen LogP contribution >= 0.6 is 0 Å². The molecule has 0 bridgehead atoms. The highest BCUT2D eigenvalue weighted by Crippen LogP contribution is 2.20. The predicted molar refractivity (Wildman–Crippen MR) is 82.4 cm³/mol. The van der Waals surface area contributed by atoms with Gasteiger partial charge in [0.15, 0.2) is 0 Å². The van der Waals surface area contributed by atoms with E-state index >= 15 is 0 Å². The average Bonchev–Trinajstić information content (AvgIpc) is 3.05. The van der Waals surface area contributed by atoms with Crippen LogP contribution in [-0.2, 0) is 0 Å². The van der Waals surface area contributed by atoms with Crippen LogP contribution in [0.15, 0.2) is 41.1 Å². The molecule has 3 N–H and O–H groups in total. The van der Waals surface area contributed by atoms with Gasteiger partial charge in [0.2, 0.25) is 5.89 Å². The van der Waals surface area contributed by atoms with Crippen LogP contribution in [0.5, 0.6) is 0 Å². The smallest absolute Gasteiger partial charge is 0.319 e. The highest BCUT2D eigenvalue weighted by atomic mass is 16.3. The van der Waals surface area contributed by atoms with E-state index in [1.165, 1.54) is 6.26 Å². The maximum atomic E-state index is 12.0. The SMILES string of the molecule is O=C(Nc1ccc(-c2ncco2)cc1)NC1CCC(O)CC1. The van der Waals surface area contributed by atoms with Gasteiger partial charge in [-0.1, -0.05) is 0 Å². The van der Waals surface area contributed by atoms with Crippen molar-refractivity contribution in [3.63, 3.8) is 0 Å². The number of aliphatic hydroxyl groups is 1. The van der Waals surface area contributed by atoms with Crippen molar-refractivity contribution in [1.82, 2.24) is 10.3 Å². The lowest BCUT2D eigenvalue weighted by Crippen LogP contribution is -2.40. The molecule has 6 heteroatoms. The van der Waals surface area contributed by atoms with Crippen molar-refractivity contribution in [3.8, 4) is 11.5 Å². The maximum Gasteiger partial charge on any atom is 0.319 e. The molecule has 3 rings (SSSR count). The van der Waals surface area contributed by atoms with E-state index in [-0.39, 0.29) is 18.2 Å². The van der Waals surface area contributed by atoms with Crippen molar-refractivity contribution in [2.24, 2.45) is 0 Å². The summed E-state index contributed by atoms with van der Waals surface area (Å²) in [5, 5.41) is 15.2. The lowest BCUT2D eigenvalue weighted by atomic mass is 9.93. The van der Waals surface area contributed by atoms with Crippen molar-refractivity contribution in [3.05, 3.63) is 36.7 Å². The Balaban J connectivity index is 1.53. The topological polar surface area (TPSA) is 87.4 Å². The van der Waals surface area contributed by atoms with Crippen LogP contribution in [0, 0.1) is 0 Å². The first-order valence-corrected chi connectivity index (χ1v) is 7.46. The number of hydrogen-bond donors (Lipinski definition) is 3. The number of nitrogens with zero attached hydrogens (tertiary/aromatic N) is 1. The number of nitrogens with one attached hydrogen (secondary N) is 2. The summed E-state index contributed by atoms with van der Waals surface area (Å²) < 4.78 is 5.22. The number of aliphatic hydroxyl groups excluding tert-OH is 1. The van der Waals surface area contributed by atoms with E-state index in [1.54, 1.807) is 6.20 Å². The van der Waals surface area contributed by atoms with Gasteiger partial charge in [-0.15, -0.1) is 0 Å². The standard InChI is InChI=1S/C16H19N3O3/c20-14-7-5-13(6-8-14)19-16(21)18-12-3-1-11(2-4-12)15-17-9-10-22-15/h1-4,9-10,13-14,20H,5-8H2,(H2,18,19,21). The Kier molecular flexibility index (Phi) is 4.39. The molecule has 0 spiro atoms. The van der Waals surface area contributed by atoms with E-state index < -0.39 is 0 Å². The van der Waals surface area contributed by atoms with Crippen LogP contribution in [0.2, 0.25) is 0 Å². The zero-order valence-electron chi connectivity index (χ0n) is 12.2. The van der Waals surface area contributed by atoms with E-state index in [9.17, 15) is 9.90 Å². The minimum Gasteiger partial charge on any atom is -0.445 e. The van der Waals surface area contributed by atoms with Crippen LogP contribution in [0.4, 0.5) is 10.5 Å². The third-order valence-electron chi connectivity index (χ3n) is 3.85. The number of carbonyl (C=O) groups is 1. The molecule has 2 amide bonds. The summed E-state index contributed by atoms with van der Waals surface area (Å²) in [6.45, 7) is 0. The lowest BCUT2D eigenvalue weighted by Gasteiger charge is -2.26. The number of benzene rings is 1. The molecule has 0 aliphatic heterocycles. The molecule has 0 unspecified atom stereocenters. The van der Waals surface area contributed by atoms with Crippen molar-refractivity contribution < 1.29 is 14.3 Å². The van der Waals surface area contributed by atoms with Crippen LogP contribution < -0.4 is 10.6 Å². The Labute approximate surface area is 128 Å². The quantitative estimate of drug-likeness (QED) is 0.813. The van der Waals surface area contributed by atoms with E-state index in [2.05, 4.69) is 15.6 Å². The van der Waals surface area contributed by atoms with Gasteiger partial charge in [-0.05, 0) is 49.9 Å². The minimum absolute atomic E-state index is 0.134. The van der Waals surface area contributed by atoms with E-state index in [1.807, 2.05) is 24.3 Å². The molecular weight excluding hydrogens is 282 g/mol. The number of hydrogen-bond acceptors (Lipinski definition) is 4. The first-order valence-electron chi connectivity index (χ1n) is 7.46. The summed E-state index contributed by atoms with van der Waals surface area (Å²) in [6, 6.07) is 7.23. The van der Waals surface area contributed by atoms with Crippen LogP contribution in [0.1, 0.15) is 25.7 Å². The van der Waals surface area contributed by atoms with Crippen molar-refractivity contribution in [1.29, 1.82) is 0 Å². The predicted octanol–water partition coefficient (Wildman–Crippen LogP) is 2.77. The van der Waals surface area contributed by atoms with Gasteiger partial charge in [0.1, 0.15) is 6.26 Å². The Bertz CT molecular complexity index is 602. The first kappa shape index (κ1) is 14.6. The fraction of sp³-hybridized carbons (Fsp3) is 0.375. The second-order valence-corrected chi connectivity index (χ2v) is 5.52. The largest absolute Gasteiger partial charge is 0.445 e. The van der Waals surface area contributed by atoms with E-state index in [4.69, 9.17) is 4.42 Å². The molecule has 22 heavy (non-hydrogen) atoms. The molecule has 1 aliphatic rings. The van der Waals surface area contributed by atoms with Gasteiger partial charge in [0.25, 0.3) is 0 Å². The molecular formula is C16H19N3O3. The molecule has 2 aromatic rings. The highest BCUT2D eigenvalue weighted by Gasteiger charge is 2.20. The summed E-state index contributed by atoms with van der Waals surface area (Å²) in [5.74, 6) is 0.553. The molecule has 6 nitrogen and oxygen atoms in total. The van der Waals surface area contributed by atoms with Gasteiger partial charge in [-0.25, -0.2) is 9.78 Å².